The van der Waals surface area contributed by atoms with Crippen LogP contribution in [0, 0.1) is 11.8 Å². The van der Waals surface area contributed by atoms with Crippen molar-refractivity contribution in [1.82, 2.24) is 10.6 Å². The second-order valence-electron chi connectivity index (χ2n) is 6.07. The van der Waals surface area contributed by atoms with Crippen LogP contribution in [-0.2, 0) is 4.79 Å². The highest BCUT2D eigenvalue weighted by Crippen LogP contribution is 2.33. The Bertz CT molecular complexity index is 255. The van der Waals surface area contributed by atoms with Crippen LogP contribution in [0.15, 0.2) is 0 Å². The summed E-state index contributed by atoms with van der Waals surface area (Å²) in [6.45, 7) is 5.61. The largest absolute Gasteiger partial charge is 0.353 e. The molecule has 2 saturated carbocycles. The van der Waals surface area contributed by atoms with Crippen LogP contribution >= 0.6 is 0 Å². The molecule has 0 aliphatic heterocycles. The molecule has 2 N–H and O–H groups in total. The van der Waals surface area contributed by atoms with E-state index in [1.54, 1.807) is 0 Å². The second-order valence-corrected chi connectivity index (χ2v) is 6.07. The first-order valence-corrected chi connectivity index (χ1v) is 7.18. The number of carbonyl (C=O) groups excluding carboxylic acids is 1. The summed E-state index contributed by atoms with van der Waals surface area (Å²) >= 11 is 0. The summed E-state index contributed by atoms with van der Waals surface area (Å²) < 4.78 is 0. The Kier molecular flexibility index (Phi) is 4.43. The van der Waals surface area contributed by atoms with Crippen molar-refractivity contribution in [2.45, 2.75) is 64.5 Å². The van der Waals surface area contributed by atoms with Crippen LogP contribution < -0.4 is 10.6 Å². The van der Waals surface area contributed by atoms with Crippen molar-refractivity contribution >= 4 is 5.91 Å². The van der Waals surface area contributed by atoms with E-state index in [1.807, 2.05) is 0 Å². The topological polar surface area (TPSA) is 41.1 Å². The van der Waals surface area contributed by atoms with Crippen molar-refractivity contribution < 1.29 is 4.79 Å². The number of amides is 1. The average Bonchev–Trinajstić information content (AvgIpc) is 2.97. The lowest BCUT2D eigenvalue weighted by Crippen LogP contribution is -2.43. The van der Waals surface area contributed by atoms with Crippen molar-refractivity contribution in [2.24, 2.45) is 11.8 Å². The van der Waals surface area contributed by atoms with Crippen molar-refractivity contribution in [3.63, 3.8) is 0 Å². The molecule has 17 heavy (non-hydrogen) atoms. The number of hydrogen-bond acceptors (Lipinski definition) is 2. The lowest BCUT2D eigenvalue weighted by molar-refractivity contribution is -0.121. The van der Waals surface area contributed by atoms with Crippen molar-refractivity contribution in [3.05, 3.63) is 0 Å². The lowest BCUT2D eigenvalue weighted by atomic mass is 9.74. The molecular formula is C14H26N2O. The monoisotopic (exact) mass is 238 g/mol. The SMILES string of the molecule is CC(C)C1CC(NCCCC(=O)NC2CC2)C1. The molecule has 98 valence electrons. The third kappa shape index (κ3) is 4.30. The average molecular weight is 238 g/mol. The van der Waals surface area contributed by atoms with E-state index in [0.29, 0.717) is 18.5 Å². The van der Waals surface area contributed by atoms with Gasteiger partial charge in [-0.3, -0.25) is 4.79 Å². The van der Waals surface area contributed by atoms with Gasteiger partial charge in [0.25, 0.3) is 0 Å². The molecule has 3 nitrogen and oxygen atoms in total. The molecule has 2 rings (SSSR count). The maximum Gasteiger partial charge on any atom is 0.220 e. The van der Waals surface area contributed by atoms with Crippen LogP contribution in [0.5, 0.6) is 0 Å². The zero-order chi connectivity index (χ0) is 12.3. The third-order valence-electron chi connectivity index (χ3n) is 4.07. The van der Waals surface area contributed by atoms with E-state index in [2.05, 4.69) is 24.5 Å². The van der Waals surface area contributed by atoms with Gasteiger partial charge >= 0.3 is 0 Å². The van der Waals surface area contributed by atoms with Crippen LogP contribution in [0.2, 0.25) is 0 Å². The van der Waals surface area contributed by atoms with E-state index in [0.717, 1.165) is 24.8 Å². The van der Waals surface area contributed by atoms with E-state index in [1.165, 1.54) is 25.7 Å². The van der Waals surface area contributed by atoms with Crippen LogP contribution in [0.25, 0.3) is 0 Å². The minimum atomic E-state index is 0.239. The summed E-state index contributed by atoms with van der Waals surface area (Å²) in [5, 5.41) is 6.57. The predicted molar refractivity (Wildman–Crippen MR) is 69.8 cm³/mol. The molecule has 0 aromatic carbocycles. The van der Waals surface area contributed by atoms with Crippen LogP contribution in [0.4, 0.5) is 0 Å². The Hall–Kier alpha value is -0.570. The molecule has 0 radical (unpaired) electrons. The molecule has 2 aliphatic carbocycles. The smallest absolute Gasteiger partial charge is 0.220 e. The van der Waals surface area contributed by atoms with Crippen LogP contribution in [0.3, 0.4) is 0 Å². The Morgan fingerprint density at radius 3 is 2.53 bits per heavy atom. The Labute approximate surface area is 105 Å². The first kappa shape index (κ1) is 12.9. The summed E-state index contributed by atoms with van der Waals surface area (Å²) in [7, 11) is 0. The molecule has 2 fully saturated rings. The number of rotatable bonds is 7. The van der Waals surface area contributed by atoms with Crippen molar-refractivity contribution in [1.29, 1.82) is 0 Å². The molecule has 3 heteroatoms. The summed E-state index contributed by atoms with van der Waals surface area (Å²) in [6.07, 6.45) is 6.68. The molecule has 0 unspecified atom stereocenters. The Balaban J connectivity index is 1.43. The highest BCUT2D eigenvalue weighted by Gasteiger charge is 2.30. The molecule has 0 spiro atoms. The van der Waals surface area contributed by atoms with E-state index in [4.69, 9.17) is 0 Å². The van der Waals surface area contributed by atoms with E-state index in [-0.39, 0.29) is 5.91 Å². The normalized spacial score (nSPS) is 27.9. The second kappa shape index (κ2) is 5.85. The van der Waals surface area contributed by atoms with Gasteiger partial charge in [0.2, 0.25) is 5.91 Å². The van der Waals surface area contributed by atoms with Crippen LogP contribution in [0.1, 0.15) is 52.4 Å². The molecule has 0 saturated heterocycles. The third-order valence-corrected chi connectivity index (χ3v) is 4.07. The fraction of sp³-hybridized carbons (Fsp3) is 0.929. The zero-order valence-electron chi connectivity index (χ0n) is 11.2. The highest BCUT2D eigenvalue weighted by atomic mass is 16.1. The van der Waals surface area contributed by atoms with Gasteiger partial charge in [0, 0.05) is 18.5 Å². The van der Waals surface area contributed by atoms with Crippen LogP contribution in [-0.4, -0.2) is 24.5 Å². The summed E-state index contributed by atoms with van der Waals surface area (Å²) in [6, 6.07) is 1.22. The van der Waals surface area contributed by atoms with Gasteiger partial charge in [0.15, 0.2) is 0 Å². The fourth-order valence-corrected chi connectivity index (χ4v) is 2.46. The maximum atomic E-state index is 11.4. The molecule has 1 amide bonds. The lowest BCUT2D eigenvalue weighted by Gasteiger charge is -2.38. The quantitative estimate of drug-likeness (QED) is 0.667. The maximum absolute atomic E-state index is 11.4. The molecule has 0 heterocycles. The van der Waals surface area contributed by atoms with Crippen molar-refractivity contribution in [2.75, 3.05) is 6.54 Å². The van der Waals surface area contributed by atoms with Gasteiger partial charge in [0.05, 0.1) is 0 Å². The Morgan fingerprint density at radius 2 is 1.94 bits per heavy atom. The van der Waals surface area contributed by atoms with Gasteiger partial charge in [-0.05, 0) is 50.5 Å². The first-order valence-electron chi connectivity index (χ1n) is 7.18. The van der Waals surface area contributed by atoms with Crippen molar-refractivity contribution in [3.8, 4) is 0 Å². The van der Waals surface area contributed by atoms with E-state index >= 15 is 0 Å². The van der Waals surface area contributed by atoms with Gasteiger partial charge in [-0.25, -0.2) is 0 Å². The van der Waals surface area contributed by atoms with E-state index < -0.39 is 0 Å². The highest BCUT2D eigenvalue weighted by molar-refractivity contribution is 5.76. The summed E-state index contributed by atoms with van der Waals surface area (Å²) in [5.41, 5.74) is 0. The first-order chi connectivity index (χ1) is 8.15. The zero-order valence-corrected chi connectivity index (χ0v) is 11.2. The predicted octanol–water partition coefficient (Wildman–Crippen LogP) is 2.07. The summed E-state index contributed by atoms with van der Waals surface area (Å²) in [4.78, 5) is 11.4. The molecular weight excluding hydrogens is 212 g/mol. The minimum absolute atomic E-state index is 0.239. The summed E-state index contributed by atoms with van der Waals surface area (Å²) in [5.74, 6) is 1.99. The van der Waals surface area contributed by atoms with Gasteiger partial charge in [-0.15, -0.1) is 0 Å². The minimum Gasteiger partial charge on any atom is -0.353 e. The molecule has 2 aliphatic rings. The van der Waals surface area contributed by atoms with Gasteiger partial charge in [-0.2, -0.15) is 0 Å². The molecule has 0 aromatic rings. The standard InChI is InChI=1S/C14H26N2O/c1-10(2)11-8-13(9-11)15-7-3-4-14(17)16-12-5-6-12/h10-13,15H,3-9H2,1-2H3,(H,16,17). The molecule has 0 atom stereocenters. The van der Waals surface area contributed by atoms with E-state index in [9.17, 15) is 4.79 Å². The Morgan fingerprint density at radius 1 is 1.24 bits per heavy atom. The number of hydrogen-bond donors (Lipinski definition) is 2. The van der Waals surface area contributed by atoms with Gasteiger partial charge < -0.3 is 10.6 Å². The number of nitrogens with one attached hydrogen (secondary N) is 2. The van der Waals surface area contributed by atoms with Gasteiger partial charge in [0.1, 0.15) is 0 Å². The fourth-order valence-electron chi connectivity index (χ4n) is 2.46. The molecule has 0 bridgehead atoms. The molecule has 0 aromatic heterocycles. The van der Waals surface area contributed by atoms with Gasteiger partial charge in [-0.1, -0.05) is 13.8 Å². The number of carbonyl (C=O) groups is 1.